The lowest BCUT2D eigenvalue weighted by atomic mass is 9.98. The van der Waals surface area contributed by atoms with Gasteiger partial charge in [0.05, 0.1) is 23.6 Å². The molecule has 166 valence electrons. The predicted molar refractivity (Wildman–Crippen MR) is 128 cm³/mol. The van der Waals surface area contributed by atoms with Gasteiger partial charge in [-0.05, 0) is 54.4 Å². The molecule has 1 amide bonds. The third kappa shape index (κ3) is 3.77. The van der Waals surface area contributed by atoms with Gasteiger partial charge in [-0.25, -0.2) is 0 Å². The molecule has 1 aliphatic heterocycles. The van der Waals surface area contributed by atoms with Crippen molar-refractivity contribution in [2.75, 3.05) is 6.61 Å². The number of halogens is 2. The van der Waals surface area contributed by atoms with Crippen molar-refractivity contribution in [3.63, 3.8) is 0 Å². The molecule has 0 aliphatic carbocycles. The van der Waals surface area contributed by atoms with E-state index in [0.717, 1.165) is 11.1 Å². The van der Waals surface area contributed by atoms with E-state index in [9.17, 15) is 9.59 Å². The number of hydrogen-bond acceptors (Lipinski definition) is 4. The molecule has 0 bridgehead atoms. The Morgan fingerprint density at radius 3 is 2.48 bits per heavy atom. The van der Waals surface area contributed by atoms with Crippen LogP contribution < -0.4 is 10.2 Å². The van der Waals surface area contributed by atoms with E-state index in [1.54, 1.807) is 29.2 Å². The van der Waals surface area contributed by atoms with Crippen LogP contribution >= 0.6 is 23.2 Å². The van der Waals surface area contributed by atoms with Gasteiger partial charge in [0.25, 0.3) is 5.91 Å². The fraction of sp³-hybridized carbons (Fsp3) is 0.154. The van der Waals surface area contributed by atoms with E-state index >= 15 is 0 Å². The summed E-state index contributed by atoms with van der Waals surface area (Å²) in [5, 5.41) is 1.30. The summed E-state index contributed by atoms with van der Waals surface area (Å²) in [6, 6.07) is 18.9. The lowest BCUT2D eigenvalue weighted by Gasteiger charge is -2.25. The smallest absolute Gasteiger partial charge is 0.291 e. The highest BCUT2D eigenvalue weighted by molar-refractivity contribution is 6.31. The van der Waals surface area contributed by atoms with Crippen LogP contribution in [0.25, 0.3) is 11.0 Å². The van der Waals surface area contributed by atoms with Gasteiger partial charge in [-0.2, -0.15) is 0 Å². The maximum Gasteiger partial charge on any atom is 0.291 e. The molecule has 4 aromatic rings. The van der Waals surface area contributed by atoms with E-state index in [-0.39, 0.29) is 23.6 Å². The first-order valence-electron chi connectivity index (χ1n) is 10.5. The van der Waals surface area contributed by atoms with Crippen LogP contribution in [0.1, 0.15) is 40.2 Å². The van der Waals surface area contributed by atoms with Crippen LogP contribution in [-0.4, -0.2) is 17.4 Å². The van der Waals surface area contributed by atoms with E-state index in [2.05, 4.69) is 0 Å². The van der Waals surface area contributed by atoms with Crippen LogP contribution in [0.3, 0.4) is 0 Å². The van der Waals surface area contributed by atoms with E-state index in [0.29, 0.717) is 38.9 Å². The summed E-state index contributed by atoms with van der Waals surface area (Å²) in [4.78, 5) is 28.7. The molecule has 0 radical (unpaired) electrons. The molecule has 2 heterocycles. The van der Waals surface area contributed by atoms with Gasteiger partial charge in [-0.15, -0.1) is 0 Å². The molecule has 3 aromatic carbocycles. The number of nitrogens with zero attached hydrogens (tertiary/aromatic N) is 1. The van der Waals surface area contributed by atoms with E-state index < -0.39 is 6.04 Å². The average Bonchev–Trinajstić information content (AvgIpc) is 3.08. The van der Waals surface area contributed by atoms with Crippen molar-refractivity contribution in [3.8, 4) is 5.75 Å². The second-order valence-corrected chi connectivity index (χ2v) is 8.59. The normalized spacial score (nSPS) is 15.2. The zero-order valence-electron chi connectivity index (χ0n) is 17.7. The second kappa shape index (κ2) is 8.58. The molecule has 0 unspecified atom stereocenters. The van der Waals surface area contributed by atoms with Crippen LogP contribution in [0, 0.1) is 0 Å². The standard InChI is InChI=1S/C26H19Cl2NO4/c1-2-32-18-10-7-15(8-11-18)23-22-24(30)19-13-17(27)9-12-21(19)33-25(22)26(31)29(23)14-16-5-3-4-6-20(16)28/h3-13,23H,2,14H2,1H3/t23-/m0/s1. The lowest BCUT2D eigenvalue weighted by molar-refractivity contribution is 0.0714. The van der Waals surface area contributed by atoms with Gasteiger partial charge in [-0.1, -0.05) is 53.5 Å². The number of carbonyl (C=O) groups excluding carboxylic acids is 1. The van der Waals surface area contributed by atoms with Crippen LogP contribution in [-0.2, 0) is 6.54 Å². The summed E-state index contributed by atoms with van der Waals surface area (Å²) in [6.07, 6.45) is 0. The summed E-state index contributed by atoms with van der Waals surface area (Å²) in [5.41, 5.74) is 1.89. The lowest BCUT2D eigenvalue weighted by Crippen LogP contribution is -2.29. The topological polar surface area (TPSA) is 59.8 Å². The van der Waals surface area contributed by atoms with Crippen molar-refractivity contribution in [1.29, 1.82) is 0 Å². The van der Waals surface area contributed by atoms with Gasteiger partial charge in [0, 0.05) is 16.6 Å². The Morgan fingerprint density at radius 2 is 1.76 bits per heavy atom. The van der Waals surface area contributed by atoms with Gasteiger partial charge in [0.2, 0.25) is 5.76 Å². The highest BCUT2D eigenvalue weighted by atomic mass is 35.5. The fourth-order valence-electron chi connectivity index (χ4n) is 4.23. The Bertz CT molecular complexity index is 1430. The average molecular weight is 480 g/mol. The molecule has 1 aliphatic rings. The number of hydrogen-bond donors (Lipinski definition) is 0. The summed E-state index contributed by atoms with van der Waals surface area (Å²) >= 11 is 12.5. The van der Waals surface area contributed by atoms with Crippen LogP contribution in [0.2, 0.25) is 10.0 Å². The van der Waals surface area contributed by atoms with Crippen LogP contribution in [0.15, 0.2) is 75.9 Å². The monoisotopic (exact) mass is 479 g/mol. The van der Waals surface area contributed by atoms with E-state index in [4.69, 9.17) is 32.4 Å². The molecule has 7 heteroatoms. The minimum atomic E-state index is -0.640. The molecule has 5 nitrogen and oxygen atoms in total. The number of carbonyl (C=O) groups is 1. The highest BCUT2D eigenvalue weighted by Gasteiger charge is 2.42. The van der Waals surface area contributed by atoms with Crippen molar-refractivity contribution in [2.24, 2.45) is 0 Å². The molecule has 0 saturated heterocycles. The number of amides is 1. The number of rotatable bonds is 5. The predicted octanol–water partition coefficient (Wildman–Crippen LogP) is 6.24. The van der Waals surface area contributed by atoms with Crippen LogP contribution in [0.5, 0.6) is 5.75 Å². The van der Waals surface area contributed by atoms with Crippen molar-refractivity contribution >= 4 is 40.1 Å². The van der Waals surface area contributed by atoms with E-state index in [1.165, 1.54) is 0 Å². The Labute approximate surface area is 200 Å². The minimum absolute atomic E-state index is 0.0424. The summed E-state index contributed by atoms with van der Waals surface area (Å²) < 4.78 is 11.5. The van der Waals surface area contributed by atoms with Crippen LogP contribution in [0.4, 0.5) is 0 Å². The Hall–Kier alpha value is -3.28. The maximum absolute atomic E-state index is 13.6. The quantitative estimate of drug-likeness (QED) is 0.339. The maximum atomic E-state index is 13.6. The molecule has 0 saturated carbocycles. The molecule has 1 aromatic heterocycles. The largest absolute Gasteiger partial charge is 0.494 e. The first-order valence-corrected chi connectivity index (χ1v) is 11.3. The molecular weight excluding hydrogens is 461 g/mol. The Kier molecular flexibility index (Phi) is 5.60. The SMILES string of the molecule is CCOc1ccc([C@H]2c3c(oc4ccc(Cl)cc4c3=O)C(=O)N2Cc2ccccc2Cl)cc1. The van der Waals surface area contributed by atoms with Crippen molar-refractivity contribution in [3.05, 3.63) is 109 Å². The third-order valence-corrected chi connectivity index (χ3v) is 6.34. The summed E-state index contributed by atoms with van der Waals surface area (Å²) in [6.45, 7) is 2.67. The van der Waals surface area contributed by atoms with Crippen molar-refractivity contribution in [1.82, 2.24) is 4.90 Å². The van der Waals surface area contributed by atoms with Crippen molar-refractivity contribution in [2.45, 2.75) is 19.5 Å². The van der Waals surface area contributed by atoms with Gasteiger partial charge >= 0.3 is 0 Å². The summed E-state index contributed by atoms with van der Waals surface area (Å²) in [5.74, 6) is 0.388. The second-order valence-electron chi connectivity index (χ2n) is 7.74. The number of benzene rings is 3. The number of ether oxygens (including phenoxy) is 1. The number of fused-ring (bicyclic) bond motifs is 2. The third-order valence-electron chi connectivity index (χ3n) is 5.73. The molecule has 33 heavy (non-hydrogen) atoms. The van der Waals surface area contributed by atoms with E-state index in [1.807, 2.05) is 49.4 Å². The Balaban J connectivity index is 1.70. The van der Waals surface area contributed by atoms with Gasteiger partial charge in [0.15, 0.2) is 5.43 Å². The van der Waals surface area contributed by atoms with Crippen molar-refractivity contribution < 1.29 is 13.9 Å². The van der Waals surface area contributed by atoms with Gasteiger partial charge in [-0.3, -0.25) is 9.59 Å². The first-order chi connectivity index (χ1) is 16.0. The van der Waals surface area contributed by atoms with Gasteiger partial charge in [0.1, 0.15) is 11.3 Å². The molecular formula is C26H19Cl2NO4. The fourth-order valence-corrected chi connectivity index (χ4v) is 4.59. The molecule has 5 rings (SSSR count). The molecule has 0 fully saturated rings. The minimum Gasteiger partial charge on any atom is -0.494 e. The summed E-state index contributed by atoms with van der Waals surface area (Å²) in [7, 11) is 0. The van der Waals surface area contributed by atoms with Gasteiger partial charge < -0.3 is 14.1 Å². The zero-order valence-corrected chi connectivity index (χ0v) is 19.2. The first kappa shape index (κ1) is 21.6. The molecule has 0 spiro atoms. The Morgan fingerprint density at radius 1 is 1.00 bits per heavy atom. The highest BCUT2D eigenvalue weighted by Crippen LogP contribution is 2.40. The molecule has 0 N–H and O–H groups in total. The molecule has 1 atom stereocenters. The zero-order chi connectivity index (χ0) is 23.1.